The van der Waals surface area contributed by atoms with Crippen LogP contribution in [0.4, 0.5) is 4.79 Å². The standard InChI is InChI=1S/C23H37N3O4S/c1-15(2)26(20(28)17(14-31)24-21(29)30-23(6,7)8)18(16-12-10-9-11-13-16)19(27)25-22(3,4)5/h9-13,15,17-18,31H,14H2,1-8H3,(H,24,29)(H,25,27). The van der Waals surface area contributed by atoms with Crippen molar-refractivity contribution in [2.75, 3.05) is 5.75 Å². The normalized spacial score (nSPS) is 13.9. The van der Waals surface area contributed by atoms with E-state index < -0.39 is 35.2 Å². The van der Waals surface area contributed by atoms with Crippen LogP contribution in [0.3, 0.4) is 0 Å². The number of hydrogen-bond acceptors (Lipinski definition) is 5. The summed E-state index contributed by atoms with van der Waals surface area (Å²) in [5.41, 5.74) is -0.500. The molecule has 0 saturated carbocycles. The van der Waals surface area contributed by atoms with Crippen LogP contribution in [0.2, 0.25) is 0 Å². The van der Waals surface area contributed by atoms with Gasteiger partial charge in [0, 0.05) is 17.3 Å². The van der Waals surface area contributed by atoms with E-state index in [1.165, 1.54) is 4.90 Å². The molecule has 1 aromatic rings. The van der Waals surface area contributed by atoms with E-state index in [0.717, 1.165) is 0 Å². The SMILES string of the molecule is CC(C)N(C(=O)C(CS)NC(=O)OC(C)(C)C)C(C(=O)NC(C)(C)C)c1ccccc1. The second kappa shape index (κ2) is 10.9. The molecule has 7 nitrogen and oxygen atoms in total. The van der Waals surface area contributed by atoms with Gasteiger partial charge in [-0.2, -0.15) is 12.6 Å². The Morgan fingerprint density at radius 1 is 1.03 bits per heavy atom. The van der Waals surface area contributed by atoms with Gasteiger partial charge in [0.2, 0.25) is 11.8 Å². The molecule has 3 amide bonds. The van der Waals surface area contributed by atoms with Crippen molar-refractivity contribution < 1.29 is 19.1 Å². The quantitative estimate of drug-likeness (QED) is 0.552. The molecular formula is C23H37N3O4S. The van der Waals surface area contributed by atoms with Crippen molar-refractivity contribution in [3.8, 4) is 0 Å². The molecular weight excluding hydrogens is 414 g/mol. The van der Waals surface area contributed by atoms with Gasteiger partial charge in [-0.1, -0.05) is 30.3 Å². The molecule has 2 atom stereocenters. The maximum absolute atomic E-state index is 13.5. The van der Waals surface area contributed by atoms with Crippen molar-refractivity contribution in [1.82, 2.24) is 15.5 Å². The first-order valence-corrected chi connectivity index (χ1v) is 11.1. The lowest BCUT2D eigenvalue weighted by molar-refractivity contribution is -0.144. The van der Waals surface area contributed by atoms with E-state index in [0.29, 0.717) is 5.56 Å². The molecule has 31 heavy (non-hydrogen) atoms. The maximum Gasteiger partial charge on any atom is 0.408 e. The van der Waals surface area contributed by atoms with Gasteiger partial charge in [-0.3, -0.25) is 9.59 Å². The molecule has 0 heterocycles. The third-order valence-corrected chi connectivity index (χ3v) is 4.49. The number of alkyl carbamates (subject to hydrolysis) is 1. The molecule has 2 unspecified atom stereocenters. The minimum absolute atomic E-state index is 0.0592. The first-order valence-electron chi connectivity index (χ1n) is 10.5. The molecule has 1 aromatic carbocycles. The lowest BCUT2D eigenvalue weighted by Gasteiger charge is -2.38. The minimum atomic E-state index is -0.950. The molecule has 0 aliphatic carbocycles. The molecule has 0 aromatic heterocycles. The zero-order valence-corrected chi connectivity index (χ0v) is 20.7. The minimum Gasteiger partial charge on any atom is -0.444 e. The predicted octanol–water partition coefficient (Wildman–Crippen LogP) is 3.70. The smallest absolute Gasteiger partial charge is 0.408 e. The van der Waals surface area contributed by atoms with E-state index in [-0.39, 0.29) is 17.7 Å². The summed E-state index contributed by atoms with van der Waals surface area (Å²) < 4.78 is 5.28. The Morgan fingerprint density at radius 2 is 1.58 bits per heavy atom. The van der Waals surface area contributed by atoms with E-state index in [4.69, 9.17) is 4.74 Å². The van der Waals surface area contributed by atoms with Crippen molar-refractivity contribution in [2.45, 2.75) is 84.7 Å². The third-order valence-electron chi connectivity index (χ3n) is 4.12. The Bertz CT molecular complexity index is 754. The van der Waals surface area contributed by atoms with E-state index in [1.807, 2.05) is 65.0 Å². The highest BCUT2D eigenvalue weighted by Crippen LogP contribution is 2.26. The van der Waals surface area contributed by atoms with Gasteiger partial charge in [0.05, 0.1) is 0 Å². The van der Waals surface area contributed by atoms with E-state index in [9.17, 15) is 14.4 Å². The Balaban J connectivity index is 3.31. The first kappa shape index (κ1) is 26.8. The number of carbonyl (C=O) groups is 3. The largest absolute Gasteiger partial charge is 0.444 e. The molecule has 0 fully saturated rings. The number of carbonyl (C=O) groups excluding carboxylic acids is 3. The summed E-state index contributed by atoms with van der Waals surface area (Å²) in [5.74, 6) is -0.645. The van der Waals surface area contributed by atoms with Gasteiger partial charge in [-0.05, 0) is 61.0 Å². The average molecular weight is 452 g/mol. The van der Waals surface area contributed by atoms with Gasteiger partial charge >= 0.3 is 6.09 Å². The van der Waals surface area contributed by atoms with Gasteiger partial charge < -0.3 is 20.3 Å². The molecule has 0 radical (unpaired) electrons. The monoisotopic (exact) mass is 451 g/mol. The number of rotatable bonds is 7. The number of benzene rings is 1. The third kappa shape index (κ3) is 8.81. The summed E-state index contributed by atoms with van der Waals surface area (Å²) in [6, 6.07) is 7.00. The van der Waals surface area contributed by atoms with E-state index in [1.54, 1.807) is 20.8 Å². The number of thiol groups is 1. The molecule has 0 bridgehead atoms. The number of ether oxygens (including phenoxy) is 1. The van der Waals surface area contributed by atoms with Crippen molar-refractivity contribution in [2.24, 2.45) is 0 Å². The lowest BCUT2D eigenvalue weighted by atomic mass is 9.99. The zero-order valence-electron chi connectivity index (χ0n) is 19.9. The van der Waals surface area contributed by atoms with Gasteiger partial charge in [0.25, 0.3) is 0 Å². The second-order valence-corrected chi connectivity index (χ2v) is 10.1. The highest BCUT2D eigenvalue weighted by atomic mass is 32.1. The Labute approximate surface area is 191 Å². The van der Waals surface area contributed by atoms with Crippen LogP contribution >= 0.6 is 12.6 Å². The topological polar surface area (TPSA) is 87.7 Å². The predicted molar refractivity (Wildman–Crippen MR) is 126 cm³/mol. The van der Waals surface area contributed by atoms with Crippen LogP contribution in [0, 0.1) is 0 Å². The molecule has 0 saturated heterocycles. The average Bonchev–Trinajstić information content (AvgIpc) is 2.60. The van der Waals surface area contributed by atoms with Crippen LogP contribution in [-0.2, 0) is 14.3 Å². The van der Waals surface area contributed by atoms with Gasteiger partial charge in [0.1, 0.15) is 17.7 Å². The van der Waals surface area contributed by atoms with Crippen LogP contribution in [0.1, 0.15) is 67.0 Å². The van der Waals surface area contributed by atoms with Gasteiger partial charge in [-0.25, -0.2) is 4.79 Å². The summed E-state index contributed by atoms with van der Waals surface area (Å²) in [7, 11) is 0. The summed E-state index contributed by atoms with van der Waals surface area (Å²) in [6.45, 7) is 14.5. The van der Waals surface area contributed by atoms with Gasteiger partial charge in [0.15, 0.2) is 0 Å². The maximum atomic E-state index is 13.5. The molecule has 0 aliphatic heterocycles. The zero-order chi connectivity index (χ0) is 24.0. The number of nitrogens with one attached hydrogen (secondary N) is 2. The van der Waals surface area contributed by atoms with Crippen LogP contribution in [0.25, 0.3) is 0 Å². The molecule has 8 heteroatoms. The van der Waals surface area contributed by atoms with Crippen LogP contribution in [-0.4, -0.2) is 51.8 Å². The fraction of sp³-hybridized carbons (Fsp3) is 0.609. The van der Waals surface area contributed by atoms with Gasteiger partial charge in [-0.15, -0.1) is 0 Å². The summed E-state index contributed by atoms with van der Waals surface area (Å²) in [5, 5.41) is 5.56. The van der Waals surface area contributed by atoms with Crippen molar-refractivity contribution in [1.29, 1.82) is 0 Å². The van der Waals surface area contributed by atoms with E-state index >= 15 is 0 Å². The van der Waals surface area contributed by atoms with Crippen molar-refractivity contribution in [3.63, 3.8) is 0 Å². The van der Waals surface area contributed by atoms with Crippen molar-refractivity contribution >= 4 is 30.5 Å². The number of hydrogen-bond donors (Lipinski definition) is 3. The van der Waals surface area contributed by atoms with Crippen LogP contribution in [0.5, 0.6) is 0 Å². The number of amides is 3. The van der Waals surface area contributed by atoms with Crippen LogP contribution < -0.4 is 10.6 Å². The summed E-state index contributed by atoms with van der Waals surface area (Å²) in [6.07, 6.45) is -0.709. The van der Waals surface area contributed by atoms with E-state index in [2.05, 4.69) is 23.3 Å². The highest BCUT2D eigenvalue weighted by Gasteiger charge is 2.38. The lowest BCUT2D eigenvalue weighted by Crippen LogP contribution is -2.57. The Hall–Kier alpha value is -2.22. The number of nitrogens with zero attached hydrogens (tertiary/aromatic N) is 1. The highest BCUT2D eigenvalue weighted by molar-refractivity contribution is 7.80. The molecule has 0 spiro atoms. The summed E-state index contributed by atoms with van der Waals surface area (Å²) in [4.78, 5) is 40.6. The first-order chi connectivity index (χ1) is 14.2. The molecule has 0 aliphatic rings. The molecule has 174 valence electrons. The Kier molecular flexibility index (Phi) is 9.42. The Morgan fingerprint density at radius 3 is 2.00 bits per heavy atom. The fourth-order valence-electron chi connectivity index (χ4n) is 3.01. The summed E-state index contributed by atoms with van der Waals surface area (Å²) >= 11 is 4.26. The fourth-order valence-corrected chi connectivity index (χ4v) is 3.25. The molecule has 1 rings (SSSR count). The van der Waals surface area contributed by atoms with Crippen molar-refractivity contribution in [3.05, 3.63) is 35.9 Å². The second-order valence-electron chi connectivity index (χ2n) is 9.77. The molecule has 2 N–H and O–H groups in total. The van der Waals surface area contributed by atoms with Crippen LogP contribution in [0.15, 0.2) is 30.3 Å².